The van der Waals surface area contributed by atoms with E-state index in [1.54, 1.807) is 11.8 Å². The lowest BCUT2D eigenvalue weighted by Gasteiger charge is -2.14. The van der Waals surface area contributed by atoms with Gasteiger partial charge in [-0.2, -0.15) is 0 Å². The lowest BCUT2D eigenvalue weighted by atomic mass is 10.1. The molecule has 0 aromatic rings. The summed E-state index contributed by atoms with van der Waals surface area (Å²) in [4.78, 5) is 7.46. The first-order chi connectivity index (χ1) is 7.48. The van der Waals surface area contributed by atoms with Crippen LogP contribution in [0.5, 0.6) is 0 Å². The van der Waals surface area contributed by atoms with Crippen molar-refractivity contribution in [3.05, 3.63) is 11.5 Å². The van der Waals surface area contributed by atoms with Gasteiger partial charge in [-0.05, 0) is 20.8 Å². The second kappa shape index (κ2) is 4.20. The SMILES string of the molecule is CC1=C(CSC2=NOC(C)(C)C2)N(C)CO1. The zero-order valence-electron chi connectivity index (χ0n) is 10.2. The summed E-state index contributed by atoms with van der Waals surface area (Å²) in [6.45, 7) is 6.78. The summed E-state index contributed by atoms with van der Waals surface area (Å²) >= 11 is 1.74. The monoisotopic (exact) mass is 242 g/mol. The van der Waals surface area contributed by atoms with Crippen molar-refractivity contribution in [3.8, 4) is 0 Å². The third-order valence-electron chi connectivity index (χ3n) is 2.69. The van der Waals surface area contributed by atoms with Gasteiger partial charge in [0.05, 0.1) is 5.70 Å². The maximum Gasteiger partial charge on any atom is 0.160 e. The molecule has 0 atom stereocenters. The van der Waals surface area contributed by atoms with Gasteiger partial charge < -0.3 is 14.5 Å². The number of nitrogens with zero attached hydrogens (tertiary/aromatic N) is 2. The van der Waals surface area contributed by atoms with Gasteiger partial charge in [0.2, 0.25) is 0 Å². The van der Waals surface area contributed by atoms with E-state index in [0.717, 1.165) is 23.0 Å². The molecule has 16 heavy (non-hydrogen) atoms. The van der Waals surface area contributed by atoms with Gasteiger partial charge in [0.25, 0.3) is 0 Å². The van der Waals surface area contributed by atoms with Crippen molar-refractivity contribution in [1.29, 1.82) is 0 Å². The molecule has 0 saturated heterocycles. The lowest BCUT2D eigenvalue weighted by molar-refractivity contribution is 0.0123. The molecule has 0 spiro atoms. The Hall–Kier alpha value is -0.840. The van der Waals surface area contributed by atoms with Gasteiger partial charge in [0.1, 0.15) is 16.4 Å². The van der Waals surface area contributed by atoms with Crippen LogP contribution in [0.4, 0.5) is 0 Å². The summed E-state index contributed by atoms with van der Waals surface area (Å²) in [5.41, 5.74) is 1.11. The van der Waals surface area contributed by atoms with Gasteiger partial charge in [-0.1, -0.05) is 5.16 Å². The van der Waals surface area contributed by atoms with Crippen LogP contribution < -0.4 is 0 Å². The minimum absolute atomic E-state index is 0.135. The number of thioether (sulfide) groups is 1. The van der Waals surface area contributed by atoms with Crippen LogP contribution in [0.1, 0.15) is 27.2 Å². The second-order valence-electron chi connectivity index (χ2n) is 4.78. The number of hydrogen-bond acceptors (Lipinski definition) is 5. The van der Waals surface area contributed by atoms with E-state index in [-0.39, 0.29) is 5.60 Å². The molecule has 4 nitrogen and oxygen atoms in total. The minimum Gasteiger partial charge on any atom is -0.476 e. The zero-order chi connectivity index (χ0) is 11.8. The number of rotatable bonds is 2. The molecule has 0 saturated carbocycles. The Balaban J connectivity index is 1.87. The predicted octanol–water partition coefficient (Wildman–Crippen LogP) is 2.38. The van der Waals surface area contributed by atoms with Crippen LogP contribution in [0.25, 0.3) is 0 Å². The van der Waals surface area contributed by atoms with Crippen molar-refractivity contribution < 1.29 is 9.57 Å². The summed E-state index contributed by atoms with van der Waals surface area (Å²) in [5.74, 6) is 1.93. The van der Waals surface area contributed by atoms with Crippen LogP contribution in [0.3, 0.4) is 0 Å². The Kier molecular flexibility index (Phi) is 3.06. The van der Waals surface area contributed by atoms with Crippen LogP contribution in [0.2, 0.25) is 0 Å². The molecular formula is C11H18N2O2S. The minimum atomic E-state index is -0.135. The summed E-state index contributed by atoms with van der Waals surface area (Å²) in [6.07, 6.45) is 0.897. The maximum atomic E-state index is 5.45. The molecule has 0 bridgehead atoms. The molecule has 0 fully saturated rings. The van der Waals surface area contributed by atoms with Gasteiger partial charge in [0, 0.05) is 19.2 Å². The molecule has 0 aromatic carbocycles. The average Bonchev–Trinajstić information content (AvgIpc) is 2.69. The molecule has 0 aromatic heterocycles. The van der Waals surface area contributed by atoms with Crippen LogP contribution in [-0.2, 0) is 9.57 Å². The van der Waals surface area contributed by atoms with Gasteiger partial charge in [-0.3, -0.25) is 0 Å². The number of allylic oxidation sites excluding steroid dienone is 1. The fourth-order valence-corrected chi connectivity index (χ4v) is 2.93. The normalized spacial score (nSPS) is 23.2. The molecular weight excluding hydrogens is 224 g/mol. The topological polar surface area (TPSA) is 34.1 Å². The molecule has 90 valence electrons. The molecule has 0 N–H and O–H groups in total. The van der Waals surface area contributed by atoms with Crippen molar-refractivity contribution in [2.24, 2.45) is 5.16 Å². The fraction of sp³-hybridized carbons (Fsp3) is 0.727. The van der Waals surface area contributed by atoms with E-state index in [1.165, 1.54) is 5.70 Å². The molecule has 2 heterocycles. The summed E-state index contributed by atoms with van der Waals surface area (Å²) in [6, 6.07) is 0. The summed E-state index contributed by atoms with van der Waals surface area (Å²) in [7, 11) is 2.04. The van der Waals surface area contributed by atoms with Crippen molar-refractivity contribution in [2.45, 2.75) is 32.8 Å². The largest absolute Gasteiger partial charge is 0.476 e. The Bertz CT molecular complexity index is 350. The molecule has 2 rings (SSSR count). The smallest absolute Gasteiger partial charge is 0.160 e. The Labute approximate surface area is 101 Å². The first-order valence-electron chi connectivity index (χ1n) is 5.39. The van der Waals surface area contributed by atoms with E-state index in [2.05, 4.69) is 23.9 Å². The van der Waals surface area contributed by atoms with Crippen molar-refractivity contribution >= 4 is 16.8 Å². The van der Waals surface area contributed by atoms with E-state index in [9.17, 15) is 0 Å². The van der Waals surface area contributed by atoms with Gasteiger partial charge in [0.15, 0.2) is 6.73 Å². The molecule has 0 radical (unpaired) electrons. The Morgan fingerprint density at radius 1 is 1.50 bits per heavy atom. The first kappa shape index (κ1) is 11.6. The van der Waals surface area contributed by atoms with E-state index < -0.39 is 0 Å². The third kappa shape index (κ3) is 2.45. The average molecular weight is 242 g/mol. The quantitative estimate of drug-likeness (QED) is 0.744. The van der Waals surface area contributed by atoms with Crippen molar-refractivity contribution in [2.75, 3.05) is 19.5 Å². The highest BCUT2D eigenvalue weighted by Gasteiger charge is 2.29. The first-order valence-corrected chi connectivity index (χ1v) is 6.38. The number of ether oxygens (including phenoxy) is 1. The van der Waals surface area contributed by atoms with Gasteiger partial charge in [-0.25, -0.2) is 0 Å². The summed E-state index contributed by atoms with van der Waals surface area (Å²) < 4.78 is 5.45. The van der Waals surface area contributed by atoms with E-state index in [4.69, 9.17) is 9.57 Å². The molecule has 5 heteroatoms. The van der Waals surface area contributed by atoms with E-state index in [1.807, 2.05) is 14.0 Å². The molecule has 2 aliphatic heterocycles. The lowest BCUT2D eigenvalue weighted by Crippen LogP contribution is -2.19. The zero-order valence-corrected chi connectivity index (χ0v) is 11.1. The van der Waals surface area contributed by atoms with Crippen molar-refractivity contribution in [1.82, 2.24) is 4.90 Å². The highest BCUT2D eigenvalue weighted by atomic mass is 32.2. The van der Waals surface area contributed by atoms with Crippen LogP contribution in [0, 0.1) is 0 Å². The van der Waals surface area contributed by atoms with E-state index in [0.29, 0.717) is 6.73 Å². The summed E-state index contributed by atoms with van der Waals surface area (Å²) in [5, 5.41) is 5.17. The Morgan fingerprint density at radius 3 is 2.75 bits per heavy atom. The number of oxime groups is 1. The van der Waals surface area contributed by atoms with Crippen molar-refractivity contribution in [3.63, 3.8) is 0 Å². The molecule has 2 aliphatic rings. The third-order valence-corrected chi connectivity index (χ3v) is 3.66. The van der Waals surface area contributed by atoms with Gasteiger partial charge in [-0.15, -0.1) is 11.8 Å². The van der Waals surface area contributed by atoms with Crippen LogP contribution >= 0.6 is 11.8 Å². The maximum absolute atomic E-state index is 5.45. The molecule has 0 unspecified atom stereocenters. The molecule has 0 aliphatic carbocycles. The van der Waals surface area contributed by atoms with E-state index >= 15 is 0 Å². The fourth-order valence-electron chi connectivity index (χ4n) is 1.67. The Morgan fingerprint density at radius 2 is 2.25 bits per heavy atom. The van der Waals surface area contributed by atoms with Gasteiger partial charge >= 0.3 is 0 Å². The van der Waals surface area contributed by atoms with Crippen LogP contribution in [0.15, 0.2) is 16.6 Å². The van der Waals surface area contributed by atoms with Crippen LogP contribution in [-0.4, -0.2) is 35.1 Å². The predicted molar refractivity (Wildman–Crippen MR) is 66.1 cm³/mol. The molecule has 0 amide bonds. The standard InChI is InChI=1S/C11H18N2O2S/c1-8-9(13(4)7-14-8)6-16-10-5-11(2,3)15-12-10/h5-7H2,1-4H3. The number of hydrogen-bond donors (Lipinski definition) is 0. The highest BCUT2D eigenvalue weighted by molar-refractivity contribution is 8.14. The second-order valence-corrected chi connectivity index (χ2v) is 5.82. The highest BCUT2D eigenvalue weighted by Crippen LogP contribution is 2.30.